The Morgan fingerprint density at radius 1 is 1.20 bits per heavy atom. The summed E-state index contributed by atoms with van der Waals surface area (Å²) in [5, 5.41) is 3.57. The molecule has 118 valence electrons. The molecule has 2 rings (SSSR count). The van der Waals surface area contributed by atoms with Crippen LogP contribution in [0.25, 0.3) is 0 Å². The lowest BCUT2D eigenvalue weighted by atomic mass is 9.79. The minimum Gasteiger partial charge on any atom is -0.347 e. The van der Waals surface area contributed by atoms with E-state index >= 15 is 0 Å². The lowest BCUT2D eigenvalue weighted by Crippen LogP contribution is -2.63. The van der Waals surface area contributed by atoms with Gasteiger partial charge in [0.2, 0.25) is 0 Å². The minimum absolute atomic E-state index is 0.00880. The van der Waals surface area contributed by atoms with Crippen molar-refractivity contribution in [2.75, 3.05) is 19.5 Å². The highest BCUT2D eigenvalue weighted by Gasteiger charge is 2.52. The normalized spacial score (nSPS) is 31.6. The van der Waals surface area contributed by atoms with E-state index in [0.29, 0.717) is 6.61 Å². The Bertz CT molecular complexity index is 455. The molecule has 0 saturated carbocycles. The summed E-state index contributed by atoms with van der Waals surface area (Å²) in [5.41, 5.74) is -0.206. The molecule has 1 spiro atoms. The molecule has 0 bridgehead atoms. The first-order valence-electron chi connectivity index (χ1n) is 6.86. The van der Waals surface area contributed by atoms with Crippen molar-refractivity contribution in [1.82, 2.24) is 5.32 Å². The summed E-state index contributed by atoms with van der Waals surface area (Å²) in [6.45, 7) is 8.83. The van der Waals surface area contributed by atoms with Crippen molar-refractivity contribution in [3.8, 4) is 0 Å². The van der Waals surface area contributed by atoms with Crippen LogP contribution < -0.4 is 5.32 Å². The van der Waals surface area contributed by atoms with Crippen LogP contribution in [0.15, 0.2) is 0 Å². The molecule has 0 aliphatic carbocycles. The molecule has 2 aliphatic rings. The number of ether oxygens (including phenoxy) is 2. The van der Waals surface area contributed by atoms with Gasteiger partial charge in [0.1, 0.15) is 6.10 Å². The Morgan fingerprint density at radius 3 is 2.25 bits per heavy atom. The van der Waals surface area contributed by atoms with Crippen molar-refractivity contribution in [2.45, 2.75) is 63.5 Å². The molecule has 0 aromatic carbocycles. The second kappa shape index (κ2) is 4.91. The van der Waals surface area contributed by atoms with E-state index in [1.165, 1.54) is 0 Å². The van der Waals surface area contributed by atoms with Gasteiger partial charge in [0.25, 0.3) is 10.1 Å². The Kier molecular flexibility index (Phi) is 3.97. The van der Waals surface area contributed by atoms with Gasteiger partial charge in [0, 0.05) is 23.9 Å². The standard InChI is InChI=1S/C13H25NO5S/c1-11(2)8-13(9-12(3,4)14-11)17-6-10(19-13)7-18-20(5,15)16/h10,14H,6-9H2,1-5H3. The maximum absolute atomic E-state index is 11.0. The first kappa shape index (κ1) is 16.2. The van der Waals surface area contributed by atoms with E-state index in [4.69, 9.17) is 13.7 Å². The molecule has 0 aromatic rings. The second-order valence-electron chi connectivity index (χ2n) is 7.20. The summed E-state index contributed by atoms with van der Waals surface area (Å²) >= 11 is 0. The summed E-state index contributed by atoms with van der Waals surface area (Å²) in [5.74, 6) is -0.649. The van der Waals surface area contributed by atoms with Crippen molar-refractivity contribution in [1.29, 1.82) is 0 Å². The molecule has 1 atom stereocenters. The smallest absolute Gasteiger partial charge is 0.264 e. The topological polar surface area (TPSA) is 73.9 Å². The van der Waals surface area contributed by atoms with Crippen molar-refractivity contribution in [3.05, 3.63) is 0 Å². The largest absolute Gasteiger partial charge is 0.347 e. The van der Waals surface area contributed by atoms with Gasteiger partial charge in [-0.1, -0.05) is 0 Å². The van der Waals surface area contributed by atoms with Crippen LogP contribution in [0.1, 0.15) is 40.5 Å². The number of nitrogens with one attached hydrogen (secondary N) is 1. The van der Waals surface area contributed by atoms with Gasteiger partial charge < -0.3 is 14.8 Å². The van der Waals surface area contributed by atoms with Crippen LogP contribution in [-0.4, -0.2) is 50.9 Å². The van der Waals surface area contributed by atoms with Gasteiger partial charge in [-0.2, -0.15) is 8.42 Å². The van der Waals surface area contributed by atoms with Crippen LogP contribution in [0.2, 0.25) is 0 Å². The first-order chi connectivity index (χ1) is 8.91. The molecule has 6 nitrogen and oxygen atoms in total. The van der Waals surface area contributed by atoms with Crippen LogP contribution in [0.4, 0.5) is 0 Å². The summed E-state index contributed by atoms with van der Waals surface area (Å²) < 4.78 is 38.8. The zero-order chi connectivity index (χ0) is 15.2. The van der Waals surface area contributed by atoms with E-state index in [9.17, 15) is 8.42 Å². The summed E-state index contributed by atoms with van der Waals surface area (Å²) in [4.78, 5) is 0. The van der Waals surface area contributed by atoms with Gasteiger partial charge in [0.05, 0.1) is 19.5 Å². The Morgan fingerprint density at radius 2 is 1.75 bits per heavy atom. The van der Waals surface area contributed by atoms with Gasteiger partial charge in [-0.3, -0.25) is 4.18 Å². The predicted octanol–water partition coefficient (Wildman–Crippen LogP) is 1.01. The van der Waals surface area contributed by atoms with Crippen molar-refractivity contribution < 1.29 is 22.1 Å². The summed E-state index contributed by atoms with van der Waals surface area (Å²) in [6.07, 6.45) is 2.14. The van der Waals surface area contributed by atoms with Crippen LogP contribution >= 0.6 is 0 Å². The molecule has 1 unspecified atom stereocenters. The van der Waals surface area contributed by atoms with Gasteiger partial charge in [0.15, 0.2) is 5.79 Å². The third-order valence-electron chi connectivity index (χ3n) is 3.48. The number of rotatable bonds is 3. The quantitative estimate of drug-likeness (QED) is 0.785. The maximum Gasteiger partial charge on any atom is 0.264 e. The third-order valence-corrected chi connectivity index (χ3v) is 4.05. The molecule has 2 saturated heterocycles. The van der Waals surface area contributed by atoms with Gasteiger partial charge in [-0.25, -0.2) is 0 Å². The lowest BCUT2D eigenvalue weighted by Gasteiger charge is -2.50. The number of piperidine rings is 1. The highest BCUT2D eigenvalue weighted by Crippen LogP contribution is 2.42. The Hall–Kier alpha value is -0.210. The van der Waals surface area contributed by atoms with Crippen LogP contribution in [0, 0.1) is 0 Å². The molecule has 0 amide bonds. The van der Waals surface area contributed by atoms with Gasteiger partial charge >= 0.3 is 0 Å². The van der Waals surface area contributed by atoms with E-state index in [2.05, 4.69) is 33.0 Å². The Labute approximate surface area is 121 Å². The molecule has 2 heterocycles. The molecule has 0 aromatic heterocycles. The molecule has 1 N–H and O–H groups in total. The number of hydrogen-bond donors (Lipinski definition) is 1. The third kappa shape index (κ3) is 4.14. The predicted molar refractivity (Wildman–Crippen MR) is 74.9 cm³/mol. The van der Waals surface area contributed by atoms with E-state index in [1.807, 2.05) is 0 Å². The van der Waals surface area contributed by atoms with Crippen LogP contribution in [0.5, 0.6) is 0 Å². The fourth-order valence-corrected chi connectivity index (χ4v) is 3.90. The summed E-state index contributed by atoms with van der Waals surface area (Å²) in [6, 6.07) is 0. The zero-order valence-corrected chi connectivity index (χ0v) is 13.7. The van der Waals surface area contributed by atoms with Crippen molar-refractivity contribution in [3.63, 3.8) is 0 Å². The molecular weight excluding hydrogens is 282 g/mol. The molecule has 2 aliphatic heterocycles. The van der Waals surface area contributed by atoms with E-state index < -0.39 is 15.9 Å². The average molecular weight is 307 g/mol. The Balaban J connectivity index is 2.03. The zero-order valence-electron chi connectivity index (χ0n) is 12.9. The molecule has 20 heavy (non-hydrogen) atoms. The maximum atomic E-state index is 11.0. The molecule has 7 heteroatoms. The van der Waals surface area contributed by atoms with Crippen molar-refractivity contribution >= 4 is 10.1 Å². The minimum atomic E-state index is -3.45. The average Bonchev–Trinajstić information content (AvgIpc) is 2.51. The second-order valence-corrected chi connectivity index (χ2v) is 8.84. The van der Waals surface area contributed by atoms with Crippen molar-refractivity contribution in [2.24, 2.45) is 0 Å². The molecule has 0 radical (unpaired) electrons. The highest BCUT2D eigenvalue weighted by atomic mass is 32.2. The number of hydrogen-bond acceptors (Lipinski definition) is 6. The molecule has 2 fully saturated rings. The van der Waals surface area contributed by atoms with E-state index in [1.54, 1.807) is 0 Å². The fourth-order valence-electron chi connectivity index (χ4n) is 3.50. The van der Waals surface area contributed by atoms with Gasteiger partial charge in [-0.15, -0.1) is 0 Å². The first-order valence-corrected chi connectivity index (χ1v) is 8.68. The fraction of sp³-hybridized carbons (Fsp3) is 1.00. The lowest BCUT2D eigenvalue weighted by molar-refractivity contribution is -0.215. The SMILES string of the molecule is CC1(C)CC2(CC(C)(C)N1)OCC(COS(C)(=O)=O)O2. The molecular formula is C13H25NO5S. The van der Waals surface area contributed by atoms with Gasteiger partial charge in [-0.05, 0) is 27.7 Å². The highest BCUT2D eigenvalue weighted by molar-refractivity contribution is 7.85. The monoisotopic (exact) mass is 307 g/mol. The van der Waals surface area contributed by atoms with Crippen LogP contribution in [-0.2, 0) is 23.8 Å². The van der Waals surface area contributed by atoms with Crippen LogP contribution in [0.3, 0.4) is 0 Å². The van der Waals surface area contributed by atoms with E-state index in [0.717, 1.165) is 19.1 Å². The summed E-state index contributed by atoms with van der Waals surface area (Å²) in [7, 11) is -3.45. The van der Waals surface area contributed by atoms with E-state index in [-0.39, 0.29) is 23.8 Å².